The highest BCUT2D eigenvalue weighted by Gasteiger charge is 2.31. The van der Waals surface area contributed by atoms with Crippen LogP contribution in [0, 0.1) is 0 Å². The second-order valence-corrected chi connectivity index (χ2v) is 9.16. The number of halogens is 2. The van der Waals surface area contributed by atoms with E-state index in [9.17, 15) is 4.79 Å². The maximum Gasteiger partial charge on any atom is 0.413 e. The molecule has 1 amide bonds. The topological polar surface area (TPSA) is 115 Å². The number of nitrogens with zero attached hydrogens (tertiary/aromatic N) is 4. The first-order chi connectivity index (χ1) is 16.1. The van der Waals surface area contributed by atoms with Crippen molar-refractivity contribution < 1.29 is 14.3 Å². The van der Waals surface area contributed by atoms with Crippen LogP contribution in [0.25, 0.3) is 16.6 Å². The minimum absolute atomic E-state index is 0.323. The van der Waals surface area contributed by atoms with Crippen LogP contribution in [-0.2, 0) is 9.47 Å². The van der Waals surface area contributed by atoms with Crippen LogP contribution in [0.1, 0.15) is 20.8 Å². The summed E-state index contributed by atoms with van der Waals surface area (Å²) in [5.41, 5.74) is 0.556. The number of para-hydroxylation sites is 1. The Morgan fingerprint density at radius 2 is 1.94 bits per heavy atom. The highest BCUT2D eigenvalue weighted by Crippen LogP contribution is 2.31. The van der Waals surface area contributed by atoms with Gasteiger partial charge in [-0.25, -0.2) is 19.5 Å². The number of rotatable bonds is 5. The summed E-state index contributed by atoms with van der Waals surface area (Å²) in [6.45, 7) is 5.33. The average Bonchev–Trinajstić information content (AvgIpc) is 3.17. The summed E-state index contributed by atoms with van der Waals surface area (Å²) in [5, 5.41) is 14.8. The van der Waals surface area contributed by atoms with Crippen LogP contribution in [-0.4, -0.2) is 45.8 Å². The summed E-state index contributed by atoms with van der Waals surface area (Å²) in [6.07, 6.45) is 5.71. The fourth-order valence-corrected chi connectivity index (χ4v) is 3.80. The van der Waals surface area contributed by atoms with Gasteiger partial charge in [-0.1, -0.05) is 29.3 Å². The van der Waals surface area contributed by atoms with Gasteiger partial charge in [0.15, 0.2) is 0 Å². The summed E-state index contributed by atoms with van der Waals surface area (Å²) in [6, 6.07) is 7.00. The second-order valence-electron chi connectivity index (χ2n) is 8.35. The van der Waals surface area contributed by atoms with Gasteiger partial charge in [0, 0.05) is 25.6 Å². The Bertz CT molecular complexity index is 1280. The Labute approximate surface area is 205 Å². The molecule has 3 aromatic rings. The van der Waals surface area contributed by atoms with Crippen molar-refractivity contribution in [3.63, 3.8) is 0 Å². The number of carbonyl (C=O) groups is 1. The number of amides is 1. The molecule has 10 nitrogen and oxygen atoms in total. The van der Waals surface area contributed by atoms with E-state index in [-0.39, 0.29) is 0 Å². The normalized spacial score (nSPS) is 17.8. The van der Waals surface area contributed by atoms with Crippen LogP contribution in [0.4, 0.5) is 10.6 Å². The molecule has 1 aromatic carbocycles. The van der Waals surface area contributed by atoms with Gasteiger partial charge in [0.25, 0.3) is 5.85 Å². The molecule has 3 N–H and O–H groups in total. The number of ether oxygens (including phenoxy) is 2. The van der Waals surface area contributed by atoms with E-state index in [4.69, 9.17) is 32.7 Å². The van der Waals surface area contributed by atoms with E-state index < -0.39 is 17.5 Å². The molecule has 1 aliphatic rings. The van der Waals surface area contributed by atoms with E-state index in [1.54, 1.807) is 68.2 Å². The van der Waals surface area contributed by atoms with Crippen LogP contribution in [0.2, 0.25) is 10.0 Å². The summed E-state index contributed by atoms with van der Waals surface area (Å²) in [7, 11) is 1.48. The van der Waals surface area contributed by atoms with Crippen molar-refractivity contribution in [3.8, 4) is 5.69 Å². The van der Waals surface area contributed by atoms with Gasteiger partial charge in [0.05, 0.1) is 27.3 Å². The Hall–Kier alpha value is -3.34. The van der Waals surface area contributed by atoms with E-state index in [1.165, 1.54) is 13.4 Å². The molecule has 2 aromatic heterocycles. The number of anilines is 1. The highest BCUT2D eigenvalue weighted by atomic mass is 35.5. The minimum atomic E-state index is -1.36. The van der Waals surface area contributed by atoms with Gasteiger partial charge < -0.3 is 20.1 Å². The minimum Gasteiger partial charge on any atom is -0.444 e. The van der Waals surface area contributed by atoms with E-state index in [1.807, 2.05) is 0 Å². The molecule has 1 aliphatic heterocycles. The van der Waals surface area contributed by atoms with Crippen molar-refractivity contribution in [1.29, 1.82) is 0 Å². The third-order valence-corrected chi connectivity index (χ3v) is 5.27. The first-order valence-electron chi connectivity index (χ1n) is 10.2. The van der Waals surface area contributed by atoms with Crippen molar-refractivity contribution in [2.75, 3.05) is 12.4 Å². The molecule has 0 radical (unpaired) electrons. The predicted octanol–water partition coefficient (Wildman–Crippen LogP) is 4.44. The monoisotopic (exact) mass is 503 g/mol. The first-order valence-corrected chi connectivity index (χ1v) is 11.0. The molecule has 178 valence electrons. The highest BCUT2D eigenvalue weighted by molar-refractivity contribution is 6.37. The maximum atomic E-state index is 12.2. The number of hydrogen-bond donors (Lipinski definition) is 3. The lowest BCUT2D eigenvalue weighted by atomic mass is 10.2. The Kier molecular flexibility index (Phi) is 6.39. The van der Waals surface area contributed by atoms with Gasteiger partial charge in [-0.15, -0.1) is 0 Å². The standard InChI is InChI=1S/C22H23Cl2N7O3/c1-21(2,3)34-20(32)28-17-10-22(33-4,27-12-26-17)29-19-13-11-31(30-16(13)8-9-25-19)18-14(23)6-5-7-15(18)24/h5-12H,1-4H3,(H,25,29)(H,26,27)(H,28,32). The van der Waals surface area contributed by atoms with Crippen molar-refractivity contribution in [2.24, 2.45) is 4.99 Å². The lowest BCUT2D eigenvalue weighted by Crippen LogP contribution is -2.45. The fraction of sp³-hybridized carbons (Fsp3) is 0.273. The van der Waals surface area contributed by atoms with Gasteiger partial charge in [-0.05, 0) is 39.0 Å². The van der Waals surface area contributed by atoms with Crippen molar-refractivity contribution in [1.82, 2.24) is 25.4 Å². The zero-order valence-corrected chi connectivity index (χ0v) is 20.4. The van der Waals surface area contributed by atoms with E-state index >= 15 is 0 Å². The van der Waals surface area contributed by atoms with Crippen molar-refractivity contribution >= 4 is 52.4 Å². The van der Waals surface area contributed by atoms with Crippen LogP contribution < -0.4 is 16.0 Å². The molecule has 34 heavy (non-hydrogen) atoms. The molecule has 3 heterocycles. The average molecular weight is 504 g/mol. The quantitative estimate of drug-likeness (QED) is 0.440. The van der Waals surface area contributed by atoms with E-state index in [0.717, 1.165) is 0 Å². The number of alkyl carbamates (subject to hydrolysis) is 1. The molecule has 12 heteroatoms. The number of methoxy groups -OCH3 is 1. The molecule has 0 bridgehead atoms. The third kappa shape index (κ3) is 5.09. The molecule has 0 saturated heterocycles. The number of fused-ring (bicyclic) bond motifs is 1. The Morgan fingerprint density at radius 1 is 1.21 bits per heavy atom. The van der Waals surface area contributed by atoms with E-state index in [0.29, 0.717) is 38.3 Å². The SMILES string of the molecule is COC1(Nc2nccc3nn(-c4c(Cl)cccc4Cl)cc23)C=C(NC(=O)OC(C)(C)C)NC=N1. The van der Waals surface area contributed by atoms with Crippen LogP contribution >= 0.6 is 23.2 Å². The summed E-state index contributed by atoms with van der Waals surface area (Å²) in [4.78, 5) is 21.0. The van der Waals surface area contributed by atoms with Gasteiger partial charge in [0.2, 0.25) is 0 Å². The molecular formula is C22H23Cl2N7O3. The van der Waals surface area contributed by atoms with E-state index in [2.05, 4.69) is 31.0 Å². The number of carbonyl (C=O) groups excluding carboxylic acids is 1. The lowest BCUT2D eigenvalue weighted by Gasteiger charge is -2.30. The summed E-state index contributed by atoms with van der Waals surface area (Å²) < 4.78 is 12.5. The first kappa shape index (κ1) is 23.8. The molecule has 0 saturated carbocycles. The molecule has 0 fully saturated rings. The molecule has 0 aliphatic carbocycles. The van der Waals surface area contributed by atoms with Crippen LogP contribution in [0.15, 0.2) is 53.5 Å². The van der Waals surface area contributed by atoms with Crippen molar-refractivity contribution in [3.05, 3.63) is 58.6 Å². The number of nitrogens with one attached hydrogen (secondary N) is 3. The lowest BCUT2D eigenvalue weighted by molar-refractivity contribution is 0.0522. The fourth-order valence-electron chi connectivity index (χ4n) is 3.23. The van der Waals surface area contributed by atoms with Crippen LogP contribution in [0.3, 0.4) is 0 Å². The number of pyridine rings is 1. The number of benzene rings is 1. The zero-order chi connectivity index (χ0) is 24.5. The number of aromatic nitrogens is 3. The van der Waals surface area contributed by atoms with Gasteiger partial charge in [-0.2, -0.15) is 5.10 Å². The Balaban J connectivity index is 1.66. The summed E-state index contributed by atoms with van der Waals surface area (Å²) in [5.74, 6) is -0.592. The molecule has 0 spiro atoms. The largest absolute Gasteiger partial charge is 0.444 e. The van der Waals surface area contributed by atoms with Gasteiger partial charge >= 0.3 is 6.09 Å². The van der Waals surface area contributed by atoms with Crippen molar-refractivity contribution in [2.45, 2.75) is 32.2 Å². The molecule has 1 unspecified atom stereocenters. The second kappa shape index (κ2) is 9.13. The Morgan fingerprint density at radius 3 is 2.62 bits per heavy atom. The molecule has 4 rings (SSSR count). The number of hydrogen-bond acceptors (Lipinski definition) is 8. The molecule has 1 atom stereocenters. The molecular weight excluding hydrogens is 481 g/mol. The van der Waals surface area contributed by atoms with Gasteiger partial charge in [-0.3, -0.25) is 5.32 Å². The van der Waals surface area contributed by atoms with Gasteiger partial charge in [0.1, 0.15) is 22.9 Å². The predicted molar refractivity (Wildman–Crippen MR) is 131 cm³/mol. The van der Waals surface area contributed by atoms with Crippen LogP contribution in [0.5, 0.6) is 0 Å². The third-order valence-electron chi connectivity index (χ3n) is 4.66. The summed E-state index contributed by atoms with van der Waals surface area (Å²) >= 11 is 12.7. The number of aliphatic imine (C=N–C) groups is 1. The smallest absolute Gasteiger partial charge is 0.413 e. The maximum absolute atomic E-state index is 12.2. The zero-order valence-electron chi connectivity index (χ0n) is 18.9.